The number of aromatic nitrogens is 6. The lowest BCUT2D eigenvalue weighted by molar-refractivity contribution is 0.893. The van der Waals surface area contributed by atoms with Crippen LogP contribution in [0.1, 0.15) is 5.82 Å². The molecule has 0 spiro atoms. The number of hydrogen-bond acceptors (Lipinski definition) is 7. The van der Waals surface area contributed by atoms with Gasteiger partial charge in [0.15, 0.2) is 5.65 Å². The van der Waals surface area contributed by atoms with E-state index in [4.69, 9.17) is 5.73 Å². The molecule has 2 aromatic carbocycles. The minimum absolute atomic E-state index is 0.492. The monoisotopic (exact) mass is 385 g/mol. The Labute approximate surface area is 164 Å². The summed E-state index contributed by atoms with van der Waals surface area (Å²) in [7, 11) is 0. The number of anilines is 1. The quantitative estimate of drug-likeness (QED) is 0.373. The summed E-state index contributed by atoms with van der Waals surface area (Å²) in [6.07, 6.45) is 3.35. The minimum Gasteiger partial charge on any atom is -0.383 e. The molecular weight excluding hydrogens is 370 g/mol. The number of fused-ring (bicyclic) bond motifs is 2. The summed E-state index contributed by atoms with van der Waals surface area (Å²) in [5.74, 6) is 1.71. The largest absolute Gasteiger partial charge is 0.383 e. The van der Waals surface area contributed by atoms with Crippen LogP contribution in [-0.4, -0.2) is 29.7 Å². The van der Waals surface area contributed by atoms with E-state index >= 15 is 0 Å². The fraction of sp³-hybridized carbons (Fsp3) is 0.0500. The Hall–Kier alpha value is -3.52. The highest BCUT2D eigenvalue weighted by Crippen LogP contribution is 2.28. The molecule has 0 radical (unpaired) electrons. The first-order valence-electron chi connectivity index (χ1n) is 8.68. The van der Waals surface area contributed by atoms with Gasteiger partial charge in [-0.05, 0) is 24.3 Å². The number of para-hydroxylation sites is 2. The molecule has 2 N–H and O–H groups in total. The SMILES string of the molecule is Nc1nc(CSc2ncnc3c2cnn3-c2ccccc2)nc2ccccc12. The molecular formula is C20H15N7S. The molecule has 0 aliphatic heterocycles. The van der Waals surface area contributed by atoms with E-state index in [1.54, 1.807) is 24.3 Å². The molecule has 3 aromatic heterocycles. The highest BCUT2D eigenvalue weighted by Gasteiger charge is 2.13. The van der Waals surface area contributed by atoms with Gasteiger partial charge in [-0.2, -0.15) is 5.10 Å². The molecule has 5 rings (SSSR count). The lowest BCUT2D eigenvalue weighted by Gasteiger charge is -2.06. The highest BCUT2D eigenvalue weighted by atomic mass is 32.2. The van der Waals surface area contributed by atoms with Gasteiger partial charge in [-0.1, -0.05) is 42.1 Å². The van der Waals surface area contributed by atoms with E-state index in [1.165, 1.54) is 0 Å². The predicted molar refractivity (Wildman–Crippen MR) is 110 cm³/mol. The Morgan fingerprint density at radius 1 is 0.893 bits per heavy atom. The average Bonchev–Trinajstić information content (AvgIpc) is 3.18. The molecule has 0 aliphatic rings. The van der Waals surface area contributed by atoms with Gasteiger partial charge in [0.1, 0.15) is 23.0 Å². The summed E-state index contributed by atoms with van der Waals surface area (Å²) in [5.41, 5.74) is 8.65. The molecule has 0 fully saturated rings. The van der Waals surface area contributed by atoms with Crippen LogP contribution < -0.4 is 5.73 Å². The fourth-order valence-corrected chi connectivity index (χ4v) is 3.86. The molecule has 3 heterocycles. The molecule has 0 aliphatic carbocycles. The molecule has 0 saturated heterocycles. The fourth-order valence-electron chi connectivity index (χ4n) is 3.04. The summed E-state index contributed by atoms with van der Waals surface area (Å²) in [5, 5.41) is 7.08. The number of hydrogen-bond donors (Lipinski definition) is 1. The van der Waals surface area contributed by atoms with E-state index in [-0.39, 0.29) is 0 Å². The van der Waals surface area contributed by atoms with Gasteiger partial charge >= 0.3 is 0 Å². The Balaban J connectivity index is 1.47. The zero-order valence-corrected chi connectivity index (χ0v) is 15.5. The van der Waals surface area contributed by atoms with Crippen molar-refractivity contribution in [3.8, 4) is 5.69 Å². The number of thioether (sulfide) groups is 1. The molecule has 0 saturated carbocycles. The maximum absolute atomic E-state index is 6.08. The van der Waals surface area contributed by atoms with Crippen molar-refractivity contribution in [1.29, 1.82) is 0 Å². The Bertz CT molecular complexity index is 1280. The van der Waals surface area contributed by atoms with Gasteiger partial charge < -0.3 is 5.73 Å². The van der Waals surface area contributed by atoms with Gasteiger partial charge in [0.25, 0.3) is 0 Å². The first kappa shape index (κ1) is 16.6. The first-order chi connectivity index (χ1) is 13.8. The lowest BCUT2D eigenvalue weighted by Crippen LogP contribution is -2.00. The zero-order valence-electron chi connectivity index (χ0n) is 14.7. The molecule has 7 nitrogen and oxygen atoms in total. The number of nitrogen functional groups attached to an aromatic ring is 1. The summed E-state index contributed by atoms with van der Waals surface area (Å²) < 4.78 is 1.81. The molecule has 0 amide bonds. The minimum atomic E-state index is 0.492. The van der Waals surface area contributed by atoms with Gasteiger partial charge in [0.05, 0.1) is 28.5 Å². The Kier molecular flexibility index (Phi) is 4.10. The summed E-state index contributed by atoms with van der Waals surface area (Å²) in [6.45, 7) is 0. The van der Waals surface area contributed by atoms with E-state index in [0.29, 0.717) is 17.4 Å². The highest BCUT2D eigenvalue weighted by molar-refractivity contribution is 7.98. The van der Waals surface area contributed by atoms with Crippen LogP contribution in [0.3, 0.4) is 0 Å². The van der Waals surface area contributed by atoms with Crippen molar-refractivity contribution in [1.82, 2.24) is 29.7 Å². The zero-order chi connectivity index (χ0) is 18.9. The number of nitrogens with zero attached hydrogens (tertiary/aromatic N) is 6. The van der Waals surface area contributed by atoms with Crippen LogP contribution in [0.4, 0.5) is 5.82 Å². The van der Waals surface area contributed by atoms with Gasteiger partial charge in [0, 0.05) is 5.39 Å². The van der Waals surface area contributed by atoms with Crippen LogP contribution in [0, 0.1) is 0 Å². The van der Waals surface area contributed by atoms with Crippen LogP contribution in [0.25, 0.3) is 27.6 Å². The van der Waals surface area contributed by atoms with Crippen molar-refractivity contribution >= 4 is 39.5 Å². The van der Waals surface area contributed by atoms with Gasteiger partial charge in [-0.25, -0.2) is 24.6 Å². The molecule has 8 heteroatoms. The van der Waals surface area contributed by atoms with E-state index in [1.807, 2.05) is 59.3 Å². The lowest BCUT2D eigenvalue weighted by atomic mass is 10.2. The van der Waals surface area contributed by atoms with E-state index in [9.17, 15) is 0 Å². The van der Waals surface area contributed by atoms with Gasteiger partial charge in [-0.3, -0.25) is 0 Å². The van der Waals surface area contributed by atoms with Gasteiger partial charge in [0.2, 0.25) is 0 Å². The molecule has 0 unspecified atom stereocenters. The summed E-state index contributed by atoms with van der Waals surface area (Å²) in [6, 6.07) is 17.6. The van der Waals surface area contributed by atoms with E-state index < -0.39 is 0 Å². The van der Waals surface area contributed by atoms with Crippen LogP contribution in [0.2, 0.25) is 0 Å². The topological polar surface area (TPSA) is 95.4 Å². The molecule has 136 valence electrons. The average molecular weight is 385 g/mol. The van der Waals surface area contributed by atoms with Crippen molar-refractivity contribution in [3.05, 3.63) is 72.9 Å². The second-order valence-electron chi connectivity index (χ2n) is 6.14. The third-order valence-corrected chi connectivity index (χ3v) is 5.35. The van der Waals surface area contributed by atoms with Crippen molar-refractivity contribution < 1.29 is 0 Å². The molecule has 0 bridgehead atoms. The smallest absolute Gasteiger partial charge is 0.167 e. The Morgan fingerprint density at radius 3 is 2.61 bits per heavy atom. The third kappa shape index (κ3) is 2.93. The van der Waals surface area contributed by atoms with Crippen LogP contribution >= 0.6 is 11.8 Å². The van der Waals surface area contributed by atoms with Crippen molar-refractivity contribution in [2.24, 2.45) is 0 Å². The number of benzene rings is 2. The standard InChI is InChI=1S/C20H15N7S/c21-18-14-8-4-5-9-16(14)25-17(26-18)11-28-20-15-10-24-27(19(15)22-12-23-20)13-6-2-1-3-7-13/h1-10,12H,11H2,(H2,21,25,26). The summed E-state index contributed by atoms with van der Waals surface area (Å²) >= 11 is 1.54. The van der Waals surface area contributed by atoms with Crippen LogP contribution in [0.15, 0.2) is 72.1 Å². The molecule has 28 heavy (non-hydrogen) atoms. The number of nitrogens with two attached hydrogens (primary N) is 1. The first-order valence-corrected chi connectivity index (χ1v) is 9.66. The normalized spacial score (nSPS) is 11.3. The van der Waals surface area contributed by atoms with Crippen molar-refractivity contribution in [2.45, 2.75) is 10.8 Å². The predicted octanol–water partition coefficient (Wildman–Crippen LogP) is 3.63. The second kappa shape index (κ2) is 6.90. The second-order valence-corrected chi connectivity index (χ2v) is 7.10. The maximum atomic E-state index is 6.08. The van der Waals surface area contributed by atoms with Crippen LogP contribution in [0.5, 0.6) is 0 Å². The summed E-state index contributed by atoms with van der Waals surface area (Å²) in [4.78, 5) is 17.9. The number of rotatable bonds is 4. The molecule has 5 aromatic rings. The van der Waals surface area contributed by atoms with E-state index in [2.05, 4.69) is 25.0 Å². The van der Waals surface area contributed by atoms with Crippen molar-refractivity contribution in [2.75, 3.05) is 5.73 Å². The maximum Gasteiger partial charge on any atom is 0.167 e. The Morgan fingerprint density at radius 2 is 1.71 bits per heavy atom. The molecule has 0 atom stereocenters. The van der Waals surface area contributed by atoms with Gasteiger partial charge in [-0.15, -0.1) is 0 Å². The van der Waals surface area contributed by atoms with E-state index in [0.717, 1.165) is 32.6 Å². The van der Waals surface area contributed by atoms with Crippen molar-refractivity contribution in [3.63, 3.8) is 0 Å². The third-order valence-electron chi connectivity index (χ3n) is 4.35. The van der Waals surface area contributed by atoms with Crippen LogP contribution in [-0.2, 0) is 5.75 Å².